The molecule has 9 nitrogen and oxygen atoms in total. The normalized spacial score (nSPS) is 17.7. The summed E-state index contributed by atoms with van der Waals surface area (Å²) in [6, 6.07) is 6.97. The Morgan fingerprint density at radius 3 is 2.75 bits per heavy atom. The SMILES string of the molecule is CC#CC(=O)N1CCC[C@H]1c1nc(-c2ccc(C=O)cc2)c2c(N)nccn12.CN=C1C=CCCN1. The number of imidazole rings is 1. The van der Waals surface area contributed by atoms with E-state index in [4.69, 9.17) is 10.7 Å². The van der Waals surface area contributed by atoms with Crippen LogP contribution in [0.3, 0.4) is 0 Å². The average Bonchev–Trinajstić information content (AvgIpc) is 3.56. The average molecular weight is 484 g/mol. The number of nitrogens with two attached hydrogens (primary N) is 1. The lowest BCUT2D eigenvalue weighted by molar-refractivity contribution is -0.126. The number of fused-ring (bicyclic) bond motifs is 1. The predicted octanol–water partition coefficient (Wildman–Crippen LogP) is 3.04. The summed E-state index contributed by atoms with van der Waals surface area (Å²) in [5.74, 6) is 7.21. The van der Waals surface area contributed by atoms with Gasteiger partial charge in [-0.05, 0) is 38.2 Å². The molecule has 0 saturated carbocycles. The monoisotopic (exact) mass is 483 g/mol. The zero-order valence-corrected chi connectivity index (χ0v) is 20.4. The third kappa shape index (κ3) is 5.13. The number of rotatable bonds is 3. The second-order valence-corrected chi connectivity index (χ2v) is 8.35. The number of hydrogen-bond donors (Lipinski definition) is 2. The fourth-order valence-electron chi connectivity index (χ4n) is 4.39. The second kappa shape index (κ2) is 11.3. The largest absolute Gasteiger partial charge is 0.382 e. The third-order valence-electron chi connectivity index (χ3n) is 6.11. The van der Waals surface area contributed by atoms with Gasteiger partial charge in [0.1, 0.15) is 35.0 Å². The quantitative estimate of drug-likeness (QED) is 0.437. The number of aldehydes is 1. The molecular formula is C27H29N7O2. The first-order chi connectivity index (χ1) is 17.6. The highest BCUT2D eigenvalue weighted by Crippen LogP contribution is 2.36. The smallest absolute Gasteiger partial charge is 0.299 e. The Bertz CT molecular complexity index is 1380. The summed E-state index contributed by atoms with van der Waals surface area (Å²) in [4.78, 5) is 38.2. The molecule has 36 heavy (non-hydrogen) atoms. The van der Waals surface area contributed by atoms with Gasteiger partial charge in [0.05, 0.1) is 6.04 Å². The predicted molar refractivity (Wildman–Crippen MR) is 140 cm³/mol. The number of amides is 1. The summed E-state index contributed by atoms with van der Waals surface area (Å²) in [5.41, 5.74) is 8.96. The number of nitrogens with zero attached hydrogens (tertiary/aromatic N) is 5. The molecule has 3 aromatic rings. The van der Waals surface area contributed by atoms with Gasteiger partial charge in [-0.3, -0.25) is 19.0 Å². The van der Waals surface area contributed by atoms with Crippen molar-refractivity contribution in [2.24, 2.45) is 4.99 Å². The number of aromatic nitrogens is 3. The number of carbonyl (C=O) groups is 2. The molecule has 2 aromatic heterocycles. The second-order valence-electron chi connectivity index (χ2n) is 8.35. The number of amidine groups is 1. The van der Waals surface area contributed by atoms with Crippen molar-refractivity contribution in [3.05, 3.63) is 60.2 Å². The van der Waals surface area contributed by atoms with Gasteiger partial charge in [0.25, 0.3) is 5.91 Å². The Morgan fingerprint density at radius 2 is 2.11 bits per heavy atom. The van der Waals surface area contributed by atoms with Crippen LogP contribution in [0.25, 0.3) is 16.8 Å². The molecule has 1 saturated heterocycles. The van der Waals surface area contributed by atoms with E-state index in [1.807, 2.05) is 28.8 Å². The summed E-state index contributed by atoms with van der Waals surface area (Å²) in [6.07, 6.45) is 11.2. The van der Waals surface area contributed by atoms with Crippen molar-refractivity contribution in [2.75, 3.05) is 25.9 Å². The lowest BCUT2D eigenvalue weighted by Gasteiger charge is -2.21. The molecule has 4 heterocycles. The molecule has 5 rings (SSSR count). The summed E-state index contributed by atoms with van der Waals surface area (Å²) in [7, 11) is 1.79. The van der Waals surface area contributed by atoms with Gasteiger partial charge in [-0.25, -0.2) is 9.97 Å². The Morgan fingerprint density at radius 1 is 1.31 bits per heavy atom. The highest BCUT2D eigenvalue weighted by atomic mass is 16.2. The van der Waals surface area contributed by atoms with Crippen molar-refractivity contribution in [3.63, 3.8) is 0 Å². The Labute approximate surface area is 210 Å². The van der Waals surface area contributed by atoms with Gasteiger partial charge in [0, 0.05) is 43.7 Å². The van der Waals surface area contributed by atoms with Crippen molar-refractivity contribution in [3.8, 4) is 23.1 Å². The minimum Gasteiger partial charge on any atom is -0.382 e. The van der Waals surface area contributed by atoms with Gasteiger partial charge in [-0.1, -0.05) is 36.3 Å². The van der Waals surface area contributed by atoms with E-state index in [2.05, 4.69) is 33.2 Å². The van der Waals surface area contributed by atoms with E-state index >= 15 is 0 Å². The standard InChI is InChI=1S/C21H19N5O2.C6H10N2/c1-2-4-17(28)25-11-3-5-16(25)21-24-18(15-8-6-14(13-27)7-9-15)19-20(22)23-10-12-26(19)21;1-7-6-4-2-3-5-8-6/h6-10,12-13,16H,3,5,11H2,1H3,(H2,22,23);2,4H,3,5H2,1H3,(H,7,8)/t16-;/m0./s1. The maximum atomic E-state index is 12.4. The van der Waals surface area contributed by atoms with E-state index in [-0.39, 0.29) is 11.9 Å². The number of benzene rings is 1. The molecule has 0 bridgehead atoms. The van der Waals surface area contributed by atoms with Gasteiger partial charge in [0.2, 0.25) is 0 Å². The molecule has 1 amide bonds. The molecule has 2 aliphatic heterocycles. The van der Waals surface area contributed by atoms with Gasteiger partial charge in [-0.2, -0.15) is 0 Å². The molecule has 1 fully saturated rings. The van der Waals surface area contributed by atoms with Gasteiger partial charge in [-0.15, -0.1) is 0 Å². The van der Waals surface area contributed by atoms with E-state index in [0.29, 0.717) is 29.1 Å². The van der Waals surface area contributed by atoms with Crippen LogP contribution in [0, 0.1) is 11.8 Å². The molecule has 0 spiro atoms. The minimum absolute atomic E-state index is 0.175. The van der Waals surface area contributed by atoms with Crippen molar-refractivity contribution >= 4 is 29.4 Å². The molecule has 0 aliphatic carbocycles. The van der Waals surface area contributed by atoms with Crippen LogP contribution in [0.4, 0.5) is 5.82 Å². The minimum atomic E-state index is -0.194. The lowest BCUT2D eigenvalue weighted by atomic mass is 10.1. The summed E-state index contributed by atoms with van der Waals surface area (Å²) in [6.45, 7) is 3.33. The van der Waals surface area contributed by atoms with Crippen molar-refractivity contribution in [1.82, 2.24) is 24.6 Å². The van der Waals surface area contributed by atoms with Crippen LogP contribution in [0.2, 0.25) is 0 Å². The third-order valence-corrected chi connectivity index (χ3v) is 6.11. The van der Waals surface area contributed by atoms with Crippen LogP contribution in [0.1, 0.15) is 48.4 Å². The molecule has 2 aliphatic rings. The van der Waals surface area contributed by atoms with Crippen molar-refractivity contribution < 1.29 is 9.59 Å². The molecule has 1 atom stereocenters. The molecular weight excluding hydrogens is 454 g/mol. The molecule has 9 heteroatoms. The van der Waals surface area contributed by atoms with Crippen LogP contribution in [0.5, 0.6) is 0 Å². The zero-order valence-electron chi connectivity index (χ0n) is 20.4. The Kier molecular flexibility index (Phi) is 7.75. The van der Waals surface area contributed by atoms with Crippen molar-refractivity contribution in [2.45, 2.75) is 32.2 Å². The van der Waals surface area contributed by atoms with E-state index in [0.717, 1.165) is 49.3 Å². The van der Waals surface area contributed by atoms with Crippen LogP contribution in [-0.2, 0) is 4.79 Å². The van der Waals surface area contributed by atoms with Crippen molar-refractivity contribution in [1.29, 1.82) is 0 Å². The number of hydrogen-bond acceptors (Lipinski definition) is 6. The fraction of sp³-hybridized carbons (Fsp3) is 0.296. The summed E-state index contributed by atoms with van der Waals surface area (Å²) in [5, 5.41) is 3.13. The summed E-state index contributed by atoms with van der Waals surface area (Å²) >= 11 is 0. The van der Waals surface area contributed by atoms with Gasteiger partial charge < -0.3 is 16.0 Å². The highest BCUT2D eigenvalue weighted by Gasteiger charge is 2.33. The Balaban J connectivity index is 0.000000325. The number of carbonyl (C=O) groups excluding carboxylic acids is 2. The number of nitrogens with one attached hydrogen (secondary N) is 1. The summed E-state index contributed by atoms with van der Waals surface area (Å²) < 4.78 is 1.90. The number of anilines is 1. The van der Waals surface area contributed by atoms with E-state index < -0.39 is 0 Å². The maximum Gasteiger partial charge on any atom is 0.299 e. The number of aliphatic imine (C=N–C) groups is 1. The Hall–Kier alpha value is -4.45. The van der Waals surface area contributed by atoms with Crippen LogP contribution >= 0.6 is 0 Å². The van der Waals surface area contributed by atoms with Gasteiger partial charge in [0.15, 0.2) is 0 Å². The number of nitrogen functional groups attached to an aromatic ring is 1. The lowest BCUT2D eigenvalue weighted by Crippen LogP contribution is -2.30. The molecule has 184 valence electrons. The fourth-order valence-corrected chi connectivity index (χ4v) is 4.39. The van der Waals surface area contributed by atoms with Gasteiger partial charge >= 0.3 is 0 Å². The number of likely N-dealkylation sites (tertiary alicyclic amines) is 1. The topological polar surface area (TPSA) is 118 Å². The molecule has 0 radical (unpaired) electrons. The molecule has 0 unspecified atom stereocenters. The van der Waals surface area contributed by atoms with Crippen LogP contribution in [-0.4, -0.2) is 57.4 Å². The van der Waals surface area contributed by atoms with E-state index in [9.17, 15) is 9.59 Å². The first-order valence-corrected chi connectivity index (χ1v) is 11.9. The highest BCUT2D eigenvalue weighted by molar-refractivity contribution is 5.94. The first kappa shape index (κ1) is 24.7. The zero-order chi connectivity index (χ0) is 25.5. The molecule has 1 aromatic carbocycles. The van der Waals surface area contributed by atoms with Crippen LogP contribution in [0.15, 0.2) is 53.8 Å². The molecule has 3 N–H and O–H groups in total. The van der Waals surface area contributed by atoms with E-state index in [1.54, 1.807) is 37.2 Å². The van der Waals surface area contributed by atoms with Crippen LogP contribution < -0.4 is 11.1 Å². The maximum absolute atomic E-state index is 12.4. The first-order valence-electron chi connectivity index (χ1n) is 11.9. The van der Waals surface area contributed by atoms with E-state index in [1.165, 1.54) is 0 Å².